The number of nitrogens with two attached hydrogens (primary N) is 1. The van der Waals surface area contributed by atoms with Crippen LogP contribution in [0, 0.1) is 0 Å². The first kappa shape index (κ1) is 15.5. The third-order valence-electron chi connectivity index (χ3n) is 3.02. The molecular weight excluding hydrogens is 334 g/mol. The fourth-order valence-electron chi connectivity index (χ4n) is 1.89. The van der Waals surface area contributed by atoms with Crippen molar-refractivity contribution in [3.8, 4) is 5.75 Å². The van der Waals surface area contributed by atoms with E-state index in [-0.39, 0.29) is 5.56 Å². The number of benzene rings is 2. The van der Waals surface area contributed by atoms with Crippen LogP contribution in [0.5, 0.6) is 5.75 Å². The zero-order valence-corrected chi connectivity index (χ0v) is 13.0. The summed E-state index contributed by atoms with van der Waals surface area (Å²) in [6.07, 6.45) is 0.829. The molecule has 0 radical (unpaired) electrons. The fraction of sp³-hybridized carbons (Fsp3) is 0.188. The summed E-state index contributed by atoms with van der Waals surface area (Å²) >= 11 is 3.48. The van der Waals surface area contributed by atoms with Gasteiger partial charge in [-0.3, -0.25) is 0 Å². The maximum atomic E-state index is 10.8. The lowest BCUT2D eigenvalue weighted by Gasteiger charge is -2.10. The van der Waals surface area contributed by atoms with Crippen LogP contribution < -0.4 is 10.5 Å². The molecule has 4 nitrogen and oxygen atoms in total. The highest BCUT2D eigenvalue weighted by Crippen LogP contribution is 2.27. The number of ether oxygens (including phenoxy) is 1. The Labute approximate surface area is 131 Å². The van der Waals surface area contributed by atoms with Gasteiger partial charge in [0.05, 0.1) is 10.0 Å². The van der Waals surface area contributed by atoms with Gasteiger partial charge in [0.25, 0.3) is 0 Å². The van der Waals surface area contributed by atoms with Crippen molar-refractivity contribution in [2.24, 2.45) is 5.73 Å². The van der Waals surface area contributed by atoms with Gasteiger partial charge in [-0.05, 0) is 64.3 Å². The van der Waals surface area contributed by atoms with Crippen molar-refractivity contribution in [3.05, 3.63) is 63.6 Å². The van der Waals surface area contributed by atoms with Crippen LogP contribution in [0.2, 0.25) is 0 Å². The van der Waals surface area contributed by atoms with Crippen LogP contribution in [-0.2, 0) is 13.0 Å². The van der Waals surface area contributed by atoms with Crippen LogP contribution in [0.25, 0.3) is 0 Å². The Kier molecular flexibility index (Phi) is 5.36. The van der Waals surface area contributed by atoms with Crippen molar-refractivity contribution >= 4 is 21.9 Å². The Morgan fingerprint density at radius 1 is 1.14 bits per heavy atom. The van der Waals surface area contributed by atoms with Crippen molar-refractivity contribution in [1.29, 1.82) is 0 Å². The van der Waals surface area contributed by atoms with Crippen molar-refractivity contribution in [2.75, 3.05) is 6.54 Å². The number of carbonyl (C=O) groups is 1. The van der Waals surface area contributed by atoms with Crippen LogP contribution in [0.15, 0.2) is 46.9 Å². The highest BCUT2D eigenvalue weighted by Gasteiger charge is 2.05. The Morgan fingerprint density at radius 3 is 2.38 bits per heavy atom. The summed E-state index contributed by atoms with van der Waals surface area (Å²) < 4.78 is 6.62. The summed E-state index contributed by atoms with van der Waals surface area (Å²) in [5.41, 5.74) is 7.87. The predicted molar refractivity (Wildman–Crippen MR) is 84.6 cm³/mol. The third kappa shape index (κ3) is 4.31. The topological polar surface area (TPSA) is 72.5 Å². The van der Waals surface area contributed by atoms with Crippen LogP contribution >= 0.6 is 15.9 Å². The van der Waals surface area contributed by atoms with Crippen LogP contribution in [0.1, 0.15) is 21.5 Å². The molecule has 0 bridgehead atoms. The molecule has 0 unspecified atom stereocenters. The van der Waals surface area contributed by atoms with E-state index in [0.717, 1.165) is 27.8 Å². The van der Waals surface area contributed by atoms with Crippen LogP contribution in [0.4, 0.5) is 0 Å². The number of aromatic carboxylic acids is 1. The van der Waals surface area contributed by atoms with Crippen molar-refractivity contribution < 1.29 is 14.6 Å². The minimum Gasteiger partial charge on any atom is -0.488 e. The second kappa shape index (κ2) is 7.24. The maximum absolute atomic E-state index is 10.8. The van der Waals surface area contributed by atoms with E-state index in [1.165, 1.54) is 0 Å². The van der Waals surface area contributed by atoms with Gasteiger partial charge in [-0.2, -0.15) is 0 Å². The van der Waals surface area contributed by atoms with Crippen molar-refractivity contribution in [3.63, 3.8) is 0 Å². The van der Waals surface area contributed by atoms with E-state index in [1.54, 1.807) is 24.3 Å². The van der Waals surface area contributed by atoms with E-state index in [0.29, 0.717) is 13.2 Å². The molecule has 0 saturated heterocycles. The number of hydrogen-bond donors (Lipinski definition) is 2. The Morgan fingerprint density at radius 2 is 1.81 bits per heavy atom. The average Bonchev–Trinajstić information content (AvgIpc) is 2.47. The summed E-state index contributed by atoms with van der Waals surface area (Å²) in [4.78, 5) is 10.8. The normalized spacial score (nSPS) is 10.4. The Hall–Kier alpha value is -1.85. The van der Waals surface area contributed by atoms with E-state index >= 15 is 0 Å². The number of carboxylic acids is 1. The first-order chi connectivity index (χ1) is 10.1. The van der Waals surface area contributed by atoms with E-state index < -0.39 is 5.97 Å². The molecular formula is C16H16BrNO3. The lowest BCUT2D eigenvalue weighted by molar-refractivity contribution is 0.0697. The predicted octanol–water partition coefficient (Wildman–Crippen LogP) is 3.23. The second-order valence-electron chi connectivity index (χ2n) is 4.59. The second-order valence-corrected chi connectivity index (χ2v) is 5.45. The quantitative estimate of drug-likeness (QED) is 0.839. The van der Waals surface area contributed by atoms with Crippen molar-refractivity contribution in [2.45, 2.75) is 13.0 Å². The van der Waals surface area contributed by atoms with Gasteiger partial charge < -0.3 is 15.6 Å². The number of carboxylic acid groups (broad SMARTS) is 1. The van der Waals surface area contributed by atoms with Gasteiger partial charge in [-0.25, -0.2) is 4.79 Å². The van der Waals surface area contributed by atoms with Gasteiger partial charge >= 0.3 is 5.97 Å². The minimum atomic E-state index is -0.930. The summed E-state index contributed by atoms with van der Waals surface area (Å²) in [6.45, 7) is 0.997. The summed E-state index contributed by atoms with van der Waals surface area (Å²) in [7, 11) is 0. The van der Waals surface area contributed by atoms with Crippen LogP contribution in [-0.4, -0.2) is 17.6 Å². The molecule has 0 atom stereocenters. The van der Waals surface area contributed by atoms with Gasteiger partial charge in [0.15, 0.2) is 0 Å². The lowest BCUT2D eigenvalue weighted by Crippen LogP contribution is -2.03. The van der Waals surface area contributed by atoms with Crippen LogP contribution in [0.3, 0.4) is 0 Å². The molecule has 0 aliphatic rings. The molecule has 0 aliphatic heterocycles. The number of hydrogen-bond acceptors (Lipinski definition) is 3. The molecule has 0 aromatic heterocycles. The van der Waals surface area contributed by atoms with Gasteiger partial charge in [0, 0.05) is 0 Å². The highest BCUT2D eigenvalue weighted by molar-refractivity contribution is 9.10. The first-order valence-corrected chi connectivity index (χ1v) is 7.33. The molecule has 2 aromatic rings. The molecule has 0 fully saturated rings. The van der Waals surface area contributed by atoms with Gasteiger partial charge in [0.1, 0.15) is 12.4 Å². The number of rotatable bonds is 6. The largest absolute Gasteiger partial charge is 0.488 e. The van der Waals surface area contributed by atoms with E-state index in [2.05, 4.69) is 15.9 Å². The monoisotopic (exact) mass is 349 g/mol. The summed E-state index contributed by atoms with van der Waals surface area (Å²) in [5, 5.41) is 8.84. The molecule has 0 amide bonds. The molecule has 5 heteroatoms. The average molecular weight is 350 g/mol. The molecule has 0 heterocycles. The SMILES string of the molecule is NCCc1ccc(OCc2ccc(C(=O)O)cc2)c(Br)c1. The summed E-state index contributed by atoms with van der Waals surface area (Å²) in [6, 6.07) is 12.5. The third-order valence-corrected chi connectivity index (χ3v) is 3.64. The van der Waals surface area contributed by atoms with E-state index in [4.69, 9.17) is 15.6 Å². The zero-order chi connectivity index (χ0) is 15.2. The number of halogens is 1. The van der Waals surface area contributed by atoms with Gasteiger partial charge in [-0.15, -0.1) is 0 Å². The smallest absolute Gasteiger partial charge is 0.335 e. The minimum absolute atomic E-state index is 0.270. The van der Waals surface area contributed by atoms with Crippen molar-refractivity contribution in [1.82, 2.24) is 0 Å². The van der Waals surface area contributed by atoms with Gasteiger partial charge in [0.2, 0.25) is 0 Å². The summed E-state index contributed by atoms with van der Waals surface area (Å²) in [5.74, 6) is -0.182. The Balaban J connectivity index is 2.00. The first-order valence-electron chi connectivity index (χ1n) is 6.53. The molecule has 110 valence electrons. The maximum Gasteiger partial charge on any atom is 0.335 e. The molecule has 0 spiro atoms. The van der Waals surface area contributed by atoms with E-state index in [1.807, 2.05) is 18.2 Å². The lowest BCUT2D eigenvalue weighted by atomic mass is 10.1. The van der Waals surface area contributed by atoms with Gasteiger partial charge in [-0.1, -0.05) is 18.2 Å². The fourth-order valence-corrected chi connectivity index (χ4v) is 2.43. The zero-order valence-electron chi connectivity index (χ0n) is 11.4. The highest BCUT2D eigenvalue weighted by atomic mass is 79.9. The molecule has 0 saturated carbocycles. The Bertz CT molecular complexity index is 626. The molecule has 3 N–H and O–H groups in total. The molecule has 2 rings (SSSR count). The molecule has 0 aliphatic carbocycles. The molecule has 2 aromatic carbocycles. The molecule has 21 heavy (non-hydrogen) atoms. The van der Waals surface area contributed by atoms with E-state index in [9.17, 15) is 4.79 Å². The standard InChI is InChI=1S/C16H16BrNO3/c17-14-9-11(7-8-18)3-6-15(14)21-10-12-1-4-13(5-2-12)16(19)20/h1-6,9H,7-8,10,18H2,(H,19,20).